The number of imidazole rings is 1. The number of nitrogens with one attached hydrogen (secondary N) is 1. The molecular weight excluding hydrogens is 284 g/mol. The van der Waals surface area contributed by atoms with Crippen molar-refractivity contribution in [2.75, 3.05) is 36.5 Å². The van der Waals surface area contributed by atoms with Crippen molar-refractivity contribution >= 4 is 28.3 Å². The summed E-state index contributed by atoms with van der Waals surface area (Å²) in [7, 11) is 3.49. The van der Waals surface area contributed by atoms with E-state index in [1.54, 1.807) is 23.2 Å². The molecule has 2 aromatic rings. The van der Waals surface area contributed by atoms with E-state index in [2.05, 4.69) is 10.2 Å². The van der Waals surface area contributed by atoms with Gasteiger partial charge in [-0.15, -0.1) is 0 Å². The Kier molecular flexibility index (Phi) is 3.66. The summed E-state index contributed by atoms with van der Waals surface area (Å²) in [6, 6.07) is 3.83. The van der Waals surface area contributed by atoms with E-state index in [-0.39, 0.29) is 11.6 Å². The first-order valence-electron chi connectivity index (χ1n) is 7.29. The lowest BCUT2D eigenvalue weighted by Crippen LogP contribution is -2.36. The van der Waals surface area contributed by atoms with Crippen LogP contribution >= 0.6 is 0 Å². The number of anilines is 2. The van der Waals surface area contributed by atoms with Gasteiger partial charge in [-0.05, 0) is 12.1 Å². The largest absolute Gasteiger partial charge is 0.378 e. The van der Waals surface area contributed by atoms with Gasteiger partial charge in [-0.1, -0.05) is 0 Å². The summed E-state index contributed by atoms with van der Waals surface area (Å²) in [6.45, 7) is 4.32. The highest BCUT2D eigenvalue weighted by atomic mass is 16.5. The fourth-order valence-corrected chi connectivity index (χ4v) is 2.89. The number of amides is 1. The van der Waals surface area contributed by atoms with Gasteiger partial charge in [0.05, 0.1) is 35.6 Å². The third kappa shape index (κ3) is 2.37. The van der Waals surface area contributed by atoms with Crippen LogP contribution in [0.5, 0.6) is 0 Å². The van der Waals surface area contributed by atoms with Gasteiger partial charge in [0.25, 0.3) is 0 Å². The highest BCUT2D eigenvalue weighted by Crippen LogP contribution is 2.31. The fraction of sp³-hybridized carbons (Fsp3) is 0.467. The number of hydrogen-bond acceptors (Lipinski definition) is 4. The van der Waals surface area contributed by atoms with Crippen molar-refractivity contribution in [1.29, 1.82) is 0 Å². The van der Waals surface area contributed by atoms with Crippen LogP contribution in [-0.4, -0.2) is 41.3 Å². The molecular formula is C15H20N4O3. The van der Waals surface area contributed by atoms with E-state index in [1.807, 2.05) is 12.1 Å². The molecule has 0 spiro atoms. The van der Waals surface area contributed by atoms with Crippen molar-refractivity contribution in [3.05, 3.63) is 22.6 Å². The van der Waals surface area contributed by atoms with Gasteiger partial charge in [-0.3, -0.25) is 13.9 Å². The fourth-order valence-electron chi connectivity index (χ4n) is 2.89. The predicted molar refractivity (Wildman–Crippen MR) is 85.5 cm³/mol. The van der Waals surface area contributed by atoms with Crippen molar-refractivity contribution in [1.82, 2.24) is 9.13 Å². The Bertz CT molecular complexity index is 784. The second-order valence-corrected chi connectivity index (χ2v) is 5.54. The van der Waals surface area contributed by atoms with E-state index in [1.165, 1.54) is 6.92 Å². The Morgan fingerprint density at radius 3 is 2.32 bits per heavy atom. The minimum absolute atomic E-state index is 0.0806. The van der Waals surface area contributed by atoms with Gasteiger partial charge in [0.1, 0.15) is 0 Å². The zero-order valence-corrected chi connectivity index (χ0v) is 13.0. The van der Waals surface area contributed by atoms with E-state index < -0.39 is 0 Å². The van der Waals surface area contributed by atoms with Crippen LogP contribution in [0.2, 0.25) is 0 Å². The summed E-state index contributed by atoms with van der Waals surface area (Å²) >= 11 is 0. The SMILES string of the molecule is CC(=O)Nc1cc2c(cc1N1CCOCC1)n(C)c(=O)n2C. The van der Waals surface area contributed by atoms with Crippen LogP contribution in [0.25, 0.3) is 11.0 Å². The van der Waals surface area contributed by atoms with Crippen molar-refractivity contribution in [2.45, 2.75) is 6.92 Å². The van der Waals surface area contributed by atoms with Crippen molar-refractivity contribution in [3.63, 3.8) is 0 Å². The standard InChI is InChI=1S/C15H20N4O3/c1-10(20)16-11-8-13-14(18(3)15(21)17(13)2)9-12(11)19-4-6-22-7-5-19/h8-9H,4-7H2,1-3H3,(H,16,20). The zero-order valence-electron chi connectivity index (χ0n) is 13.0. The molecule has 1 N–H and O–H groups in total. The Hall–Kier alpha value is -2.28. The predicted octanol–water partition coefficient (Wildman–Crippen LogP) is 0.672. The van der Waals surface area contributed by atoms with E-state index in [0.29, 0.717) is 13.2 Å². The Morgan fingerprint density at radius 1 is 1.14 bits per heavy atom. The summed E-state index contributed by atoms with van der Waals surface area (Å²) in [6.07, 6.45) is 0. The molecule has 1 aromatic heterocycles. The minimum atomic E-state index is -0.130. The number of rotatable bonds is 2. The summed E-state index contributed by atoms with van der Waals surface area (Å²) in [5.74, 6) is -0.130. The molecule has 2 heterocycles. The van der Waals surface area contributed by atoms with Crippen LogP contribution in [0.15, 0.2) is 16.9 Å². The number of ether oxygens (including phenoxy) is 1. The number of nitrogens with zero attached hydrogens (tertiary/aromatic N) is 3. The molecule has 0 saturated carbocycles. The summed E-state index contributed by atoms with van der Waals surface area (Å²) in [5, 5.41) is 2.87. The molecule has 118 valence electrons. The molecule has 1 aliphatic heterocycles. The van der Waals surface area contributed by atoms with Gasteiger partial charge in [0, 0.05) is 34.1 Å². The first-order valence-corrected chi connectivity index (χ1v) is 7.29. The molecule has 7 nitrogen and oxygen atoms in total. The number of carbonyl (C=O) groups is 1. The van der Waals surface area contributed by atoms with Gasteiger partial charge in [0.2, 0.25) is 5.91 Å². The quantitative estimate of drug-likeness (QED) is 0.885. The topological polar surface area (TPSA) is 68.5 Å². The van der Waals surface area contributed by atoms with Gasteiger partial charge in [0.15, 0.2) is 0 Å². The summed E-state index contributed by atoms with van der Waals surface area (Å²) < 4.78 is 8.60. The first kappa shape index (κ1) is 14.6. The van der Waals surface area contributed by atoms with E-state index in [9.17, 15) is 9.59 Å². The average Bonchev–Trinajstić information content (AvgIpc) is 2.71. The number of aryl methyl sites for hydroxylation is 2. The first-order chi connectivity index (χ1) is 10.5. The minimum Gasteiger partial charge on any atom is -0.378 e. The van der Waals surface area contributed by atoms with Crippen molar-refractivity contribution in [2.24, 2.45) is 14.1 Å². The van der Waals surface area contributed by atoms with Crippen LogP contribution in [0.1, 0.15) is 6.92 Å². The smallest absolute Gasteiger partial charge is 0.328 e. The van der Waals surface area contributed by atoms with E-state index in [4.69, 9.17) is 4.74 Å². The normalized spacial score (nSPS) is 15.3. The maximum absolute atomic E-state index is 12.1. The number of benzene rings is 1. The molecule has 1 aromatic carbocycles. The third-order valence-electron chi connectivity index (χ3n) is 4.05. The van der Waals surface area contributed by atoms with Gasteiger partial charge in [-0.2, -0.15) is 0 Å². The second-order valence-electron chi connectivity index (χ2n) is 5.54. The molecule has 1 aliphatic rings. The summed E-state index contributed by atoms with van der Waals surface area (Å²) in [4.78, 5) is 25.8. The highest BCUT2D eigenvalue weighted by Gasteiger charge is 2.19. The lowest BCUT2D eigenvalue weighted by atomic mass is 10.2. The van der Waals surface area contributed by atoms with Crippen molar-refractivity contribution < 1.29 is 9.53 Å². The molecule has 1 amide bonds. The molecule has 0 bridgehead atoms. The lowest BCUT2D eigenvalue weighted by molar-refractivity contribution is -0.114. The Morgan fingerprint density at radius 2 is 1.73 bits per heavy atom. The van der Waals surface area contributed by atoms with Gasteiger partial charge >= 0.3 is 5.69 Å². The molecule has 0 unspecified atom stereocenters. The lowest BCUT2D eigenvalue weighted by Gasteiger charge is -2.30. The van der Waals surface area contributed by atoms with Gasteiger partial charge < -0.3 is 15.0 Å². The molecule has 0 radical (unpaired) electrons. The monoisotopic (exact) mass is 304 g/mol. The van der Waals surface area contributed by atoms with Crippen molar-refractivity contribution in [3.8, 4) is 0 Å². The number of morpholine rings is 1. The van der Waals surface area contributed by atoms with Gasteiger partial charge in [-0.25, -0.2) is 4.79 Å². The molecule has 0 atom stereocenters. The average molecular weight is 304 g/mol. The van der Waals surface area contributed by atoms with E-state index in [0.717, 1.165) is 35.5 Å². The van der Waals surface area contributed by atoms with Crippen LogP contribution in [0, 0.1) is 0 Å². The number of aromatic nitrogens is 2. The van der Waals surface area contributed by atoms with Crippen LogP contribution < -0.4 is 15.9 Å². The molecule has 1 saturated heterocycles. The highest BCUT2D eigenvalue weighted by molar-refractivity contribution is 5.97. The molecule has 1 fully saturated rings. The zero-order chi connectivity index (χ0) is 15.9. The Balaban J connectivity index is 2.20. The second kappa shape index (κ2) is 5.49. The molecule has 7 heteroatoms. The van der Waals surface area contributed by atoms with Crippen LogP contribution in [-0.2, 0) is 23.6 Å². The van der Waals surface area contributed by atoms with Crippen LogP contribution in [0.3, 0.4) is 0 Å². The molecule has 22 heavy (non-hydrogen) atoms. The van der Waals surface area contributed by atoms with Crippen LogP contribution in [0.4, 0.5) is 11.4 Å². The number of hydrogen-bond donors (Lipinski definition) is 1. The Labute approximate surface area is 128 Å². The third-order valence-corrected chi connectivity index (χ3v) is 4.05. The molecule has 0 aliphatic carbocycles. The number of carbonyl (C=O) groups excluding carboxylic acids is 1. The number of fused-ring (bicyclic) bond motifs is 1. The van der Waals surface area contributed by atoms with E-state index >= 15 is 0 Å². The summed E-state index contributed by atoms with van der Waals surface area (Å²) in [5.41, 5.74) is 3.22. The molecule has 3 rings (SSSR count). The maximum Gasteiger partial charge on any atom is 0.328 e. The maximum atomic E-state index is 12.1.